The van der Waals surface area contributed by atoms with E-state index in [0.717, 1.165) is 12.3 Å². The Morgan fingerprint density at radius 1 is 1.45 bits per heavy atom. The Hall–Kier alpha value is -1.71. The molecule has 4 heteroatoms. The van der Waals surface area contributed by atoms with Crippen LogP contribution >= 0.6 is 0 Å². The fourth-order valence-electron chi connectivity index (χ4n) is 0.692. The van der Waals surface area contributed by atoms with E-state index in [1.54, 1.807) is 0 Å². The molecular weight excluding hydrogens is 146 g/mol. The van der Waals surface area contributed by atoms with Crippen molar-refractivity contribution in [1.82, 2.24) is 0 Å². The van der Waals surface area contributed by atoms with Crippen LogP contribution in [-0.4, -0.2) is 16.5 Å². The van der Waals surface area contributed by atoms with Crippen molar-refractivity contribution >= 4 is 6.21 Å². The lowest BCUT2D eigenvalue weighted by Gasteiger charge is -2.08. The maximum atomic E-state index is 10.9. The van der Waals surface area contributed by atoms with Crippen LogP contribution in [0.25, 0.3) is 0 Å². The summed E-state index contributed by atoms with van der Waals surface area (Å²) in [5, 5.41) is 30.4. The fraction of sp³-hybridized carbons (Fsp3) is 0. The van der Waals surface area contributed by atoms with E-state index < -0.39 is 0 Å². The van der Waals surface area contributed by atoms with Gasteiger partial charge in [-0.2, -0.15) is 0 Å². The standard InChI is InChI=1S/C7H7NO3/c9-6-2-1-5(4-8-11)7(10)3-6/h1-4,9-11H/p-1/b8-4+. The van der Waals surface area contributed by atoms with Crippen LogP contribution in [0.15, 0.2) is 23.4 Å². The molecule has 0 heterocycles. The lowest BCUT2D eigenvalue weighted by molar-refractivity contribution is -0.268. The van der Waals surface area contributed by atoms with Crippen molar-refractivity contribution in [2.45, 2.75) is 0 Å². The summed E-state index contributed by atoms with van der Waals surface area (Å²) in [7, 11) is 0. The third-order valence-electron chi connectivity index (χ3n) is 1.19. The van der Waals surface area contributed by atoms with Crippen LogP contribution in [-0.2, 0) is 0 Å². The highest BCUT2D eigenvalue weighted by Crippen LogP contribution is 2.17. The van der Waals surface area contributed by atoms with Crippen LogP contribution in [0.2, 0.25) is 0 Å². The summed E-state index contributed by atoms with van der Waals surface area (Å²) in [4.78, 5) is 0. The molecule has 0 saturated carbocycles. The van der Waals surface area contributed by atoms with Crippen molar-refractivity contribution in [2.75, 3.05) is 0 Å². The predicted octanol–water partition coefficient (Wildman–Crippen LogP) is 0.274. The Bertz CT molecular complexity index is 283. The topological polar surface area (TPSA) is 75.9 Å². The Morgan fingerprint density at radius 2 is 2.18 bits per heavy atom. The maximum Gasteiger partial charge on any atom is 0.115 e. The van der Waals surface area contributed by atoms with Gasteiger partial charge in [0, 0.05) is 0 Å². The van der Waals surface area contributed by atoms with Gasteiger partial charge in [-0.1, -0.05) is 17.0 Å². The van der Waals surface area contributed by atoms with Gasteiger partial charge in [0.2, 0.25) is 0 Å². The average molecular weight is 152 g/mol. The highest BCUT2D eigenvalue weighted by Gasteiger charge is 1.90. The Morgan fingerprint density at radius 3 is 2.73 bits per heavy atom. The average Bonchev–Trinajstić information content (AvgIpc) is 1.95. The molecule has 0 saturated heterocycles. The molecule has 0 aliphatic rings. The summed E-state index contributed by atoms with van der Waals surface area (Å²) in [5.74, 6) is -0.465. The van der Waals surface area contributed by atoms with Crippen LogP contribution in [0, 0.1) is 0 Å². The quantitative estimate of drug-likeness (QED) is 0.344. The lowest BCUT2D eigenvalue weighted by Crippen LogP contribution is -1.95. The van der Waals surface area contributed by atoms with Crippen LogP contribution in [0.3, 0.4) is 0 Å². The molecule has 11 heavy (non-hydrogen) atoms. The molecule has 0 fully saturated rings. The molecule has 0 aliphatic carbocycles. The van der Waals surface area contributed by atoms with Crippen molar-refractivity contribution in [2.24, 2.45) is 5.16 Å². The van der Waals surface area contributed by atoms with E-state index in [0.29, 0.717) is 0 Å². The summed E-state index contributed by atoms with van der Waals surface area (Å²) in [6.45, 7) is 0. The number of rotatable bonds is 1. The van der Waals surface area contributed by atoms with Gasteiger partial charge in [0.05, 0.1) is 6.21 Å². The molecule has 58 valence electrons. The van der Waals surface area contributed by atoms with E-state index in [4.69, 9.17) is 10.3 Å². The minimum absolute atomic E-state index is 0.0925. The summed E-state index contributed by atoms with van der Waals surface area (Å²) in [6.07, 6.45) is 1.02. The third-order valence-corrected chi connectivity index (χ3v) is 1.19. The SMILES string of the molecule is [O-]c1cc(O)ccc1/C=N/O. The van der Waals surface area contributed by atoms with Gasteiger partial charge < -0.3 is 15.4 Å². The molecule has 0 aliphatic heterocycles. The molecule has 0 atom stereocenters. The van der Waals surface area contributed by atoms with Crippen LogP contribution < -0.4 is 5.11 Å². The molecule has 1 rings (SSSR count). The number of hydrogen-bond donors (Lipinski definition) is 2. The minimum atomic E-state index is -0.372. The number of phenolic OH excluding ortho intramolecular Hbond substituents is 1. The minimum Gasteiger partial charge on any atom is -0.872 e. The molecule has 0 radical (unpaired) electrons. The highest BCUT2D eigenvalue weighted by atomic mass is 16.4. The van der Waals surface area contributed by atoms with E-state index in [2.05, 4.69) is 5.16 Å². The van der Waals surface area contributed by atoms with Crippen LogP contribution in [0.4, 0.5) is 0 Å². The zero-order chi connectivity index (χ0) is 8.27. The maximum absolute atomic E-state index is 10.9. The largest absolute Gasteiger partial charge is 0.872 e. The lowest BCUT2D eigenvalue weighted by atomic mass is 10.2. The van der Waals surface area contributed by atoms with Gasteiger partial charge in [-0.05, 0) is 17.7 Å². The molecule has 1 aromatic rings. The number of aromatic hydroxyl groups is 1. The van der Waals surface area contributed by atoms with Crippen molar-refractivity contribution < 1.29 is 15.4 Å². The van der Waals surface area contributed by atoms with Gasteiger partial charge in [0.1, 0.15) is 5.75 Å². The second kappa shape index (κ2) is 2.92. The number of benzene rings is 1. The normalized spacial score (nSPS) is 10.5. The third kappa shape index (κ3) is 1.61. The molecule has 2 N–H and O–H groups in total. The van der Waals surface area contributed by atoms with E-state index in [-0.39, 0.29) is 17.1 Å². The van der Waals surface area contributed by atoms with Crippen molar-refractivity contribution in [1.29, 1.82) is 0 Å². The number of phenols is 1. The molecular formula is C7H6NO3-. The summed E-state index contributed by atoms with van der Waals surface area (Å²) in [5.41, 5.74) is 0.241. The number of oxime groups is 1. The van der Waals surface area contributed by atoms with Crippen LogP contribution in [0.1, 0.15) is 5.56 Å². The fourth-order valence-corrected chi connectivity index (χ4v) is 0.692. The van der Waals surface area contributed by atoms with E-state index >= 15 is 0 Å². The molecule has 0 amide bonds. The van der Waals surface area contributed by atoms with Crippen molar-refractivity contribution in [3.63, 3.8) is 0 Å². The van der Waals surface area contributed by atoms with E-state index in [9.17, 15) is 5.11 Å². The van der Waals surface area contributed by atoms with Gasteiger partial charge >= 0.3 is 0 Å². The van der Waals surface area contributed by atoms with Gasteiger partial charge in [-0.3, -0.25) is 0 Å². The van der Waals surface area contributed by atoms with E-state index in [1.165, 1.54) is 12.1 Å². The first-order valence-electron chi connectivity index (χ1n) is 2.91. The Kier molecular flexibility index (Phi) is 1.96. The summed E-state index contributed by atoms with van der Waals surface area (Å²) < 4.78 is 0. The molecule has 0 aromatic heterocycles. The van der Waals surface area contributed by atoms with Crippen molar-refractivity contribution in [3.05, 3.63) is 23.8 Å². The summed E-state index contributed by atoms with van der Waals surface area (Å²) >= 11 is 0. The molecule has 1 aromatic carbocycles. The first kappa shape index (κ1) is 7.40. The van der Waals surface area contributed by atoms with Gasteiger partial charge in [0.15, 0.2) is 0 Å². The number of hydrogen-bond acceptors (Lipinski definition) is 4. The van der Waals surface area contributed by atoms with Gasteiger partial charge in [-0.15, -0.1) is 0 Å². The first-order chi connectivity index (χ1) is 5.24. The number of nitrogens with zero attached hydrogens (tertiary/aromatic N) is 1. The molecule has 0 unspecified atom stereocenters. The second-order valence-corrected chi connectivity index (χ2v) is 1.97. The van der Waals surface area contributed by atoms with Gasteiger partial charge in [0.25, 0.3) is 0 Å². The Labute approximate surface area is 63.0 Å². The molecule has 0 bridgehead atoms. The molecule has 4 nitrogen and oxygen atoms in total. The zero-order valence-corrected chi connectivity index (χ0v) is 5.56. The van der Waals surface area contributed by atoms with Gasteiger partial charge in [-0.25, -0.2) is 0 Å². The summed E-state index contributed by atoms with van der Waals surface area (Å²) in [6, 6.07) is 3.77. The first-order valence-corrected chi connectivity index (χ1v) is 2.91. The zero-order valence-electron chi connectivity index (χ0n) is 5.56. The van der Waals surface area contributed by atoms with E-state index in [1.807, 2.05) is 0 Å². The van der Waals surface area contributed by atoms with Crippen LogP contribution in [0.5, 0.6) is 11.5 Å². The van der Waals surface area contributed by atoms with Crippen molar-refractivity contribution in [3.8, 4) is 11.5 Å². The highest BCUT2D eigenvalue weighted by molar-refractivity contribution is 5.82. The smallest absolute Gasteiger partial charge is 0.115 e. The second-order valence-electron chi connectivity index (χ2n) is 1.97. The predicted molar refractivity (Wildman–Crippen MR) is 36.9 cm³/mol. The monoisotopic (exact) mass is 152 g/mol. The Balaban J connectivity index is 3.09. The molecule has 0 spiro atoms.